The molecule has 0 saturated carbocycles. The van der Waals surface area contributed by atoms with Gasteiger partial charge < -0.3 is 20.0 Å². The summed E-state index contributed by atoms with van der Waals surface area (Å²) >= 11 is 0. The van der Waals surface area contributed by atoms with Gasteiger partial charge >= 0.3 is 0 Å². The predicted molar refractivity (Wildman–Crippen MR) is 96.3 cm³/mol. The fraction of sp³-hybridized carbons (Fsp3) is 0.368. The van der Waals surface area contributed by atoms with Gasteiger partial charge in [0.15, 0.2) is 5.76 Å². The Labute approximate surface area is 148 Å². The first-order valence-corrected chi connectivity index (χ1v) is 8.30. The lowest BCUT2D eigenvalue weighted by molar-refractivity contribution is -0.122. The Balaban J connectivity index is 1.84. The topological polar surface area (TPSA) is 74.6 Å². The van der Waals surface area contributed by atoms with Crippen molar-refractivity contribution in [3.63, 3.8) is 0 Å². The molecular formula is C19H25N3O3. The molecule has 6 nitrogen and oxygen atoms in total. The van der Waals surface area contributed by atoms with Gasteiger partial charge in [0.05, 0.1) is 6.26 Å². The van der Waals surface area contributed by atoms with Gasteiger partial charge in [-0.25, -0.2) is 0 Å². The Bertz CT molecular complexity index is 668. The molecule has 25 heavy (non-hydrogen) atoms. The summed E-state index contributed by atoms with van der Waals surface area (Å²) in [6, 6.07) is 12.9. The van der Waals surface area contributed by atoms with Crippen LogP contribution in [0.5, 0.6) is 0 Å². The summed E-state index contributed by atoms with van der Waals surface area (Å²) in [5, 5.41) is 5.54. The summed E-state index contributed by atoms with van der Waals surface area (Å²) < 4.78 is 5.02. The molecule has 134 valence electrons. The number of likely N-dealkylation sites (N-methyl/N-ethyl adjacent to an activating group) is 1. The van der Waals surface area contributed by atoms with Gasteiger partial charge in [-0.15, -0.1) is 0 Å². The van der Waals surface area contributed by atoms with Gasteiger partial charge in [-0.3, -0.25) is 9.59 Å². The van der Waals surface area contributed by atoms with E-state index < -0.39 is 11.9 Å². The minimum Gasteiger partial charge on any atom is -0.459 e. The molecule has 1 heterocycles. The maximum absolute atomic E-state index is 12.3. The molecule has 6 heteroatoms. The number of amides is 2. The minimum absolute atomic E-state index is 0.166. The van der Waals surface area contributed by atoms with Crippen LogP contribution in [0, 0.1) is 0 Å². The summed E-state index contributed by atoms with van der Waals surface area (Å²) in [5.74, 6) is -0.434. The van der Waals surface area contributed by atoms with E-state index >= 15 is 0 Å². The van der Waals surface area contributed by atoms with Crippen LogP contribution < -0.4 is 10.6 Å². The van der Waals surface area contributed by atoms with Crippen LogP contribution in [0.3, 0.4) is 0 Å². The van der Waals surface area contributed by atoms with E-state index in [1.807, 2.05) is 32.3 Å². The fourth-order valence-electron chi connectivity index (χ4n) is 2.44. The van der Waals surface area contributed by atoms with Crippen molar-refractivity contribution in [2.24, 2.45) is 0 Å². The van der Waals surface area contributed by atoms with Crippen LogP contribution in [0.4, 0.5) is 0 Å². The monoisotopic (exact) mass is 343 g/mol. The molecular weight excluding hydrogens is 318 g/mol. The molecule has 0 bridgehead atoms. The lowest BCUT2D eigenvalue weighted by Crippen LogP contribution is -2.49. The van der Waals surface area contributed by atoms with E-state index in [1.54, 1.807) is 19.1 Å². The van der Waals surface area contributed by atoms with Crippen molar-refractivity contribution in [3.8, 4) is 0 Å². The number of rotatable bonds is 8. The SMILES string of the molecule is CC(NC(=O)c1ccco1)C(=O)NCC(Cc1ccccc1)N(C)C. The predicted octanol–water partition coefficient (Wildman–Crippen LogP) is 1.69. The van der Waals surface area contributed by atoms with Crippen molar-refractivity contribution in [2.45, 2.75) is 25.4 Å². The van der Waals surface area contributed by atoms with Crippen LogP contribution in [0.1, 0.15) is 23.0 Å². The maximum atomic E-state index is 12.3. The summed E-state index contributed by atoms with van der Waals surface area (Å²) in [5.41, 5.74) is 1.22. The van der Waals surface area contributed by atoms with E-state index in [2.05, 4.69) is 27.7 Å². The quantitative estimate of drug-likeness (QED) is 0.765. The Morgan fingerprint density at radius 2 is 1.84 bits per heavy atom. The first-order valence-electron chi connectivity index (χ1n) is 8.30. The first-order chi connectivity index (χ1) is 12.0. The number of nitrogens with zero attached hydrogens (tertiary/aromatic N) is 1. The highest BCUT2D eigenvalue weighted by molar-refractivity contribution is 5.95. The zero-order valence-corrected chi connectivity index (χ0v) is 14.9. The molecule has 0 spiro atoms. The summed E-state index contributed by atoms with van der Waals surface area (Å²) in [6.07, 6.45) is 2.26. The summed E-state index contributed by atoms with van der Waals surface area (Å²) in [7, 11) is 3.98. The lowest BCUT2D eigenvalue weighted by atomic mass is 10.1. The van der Waals surface area contributed by atoms with E-state index in [4.69, 9.17) is 4.42 Å². The first kappa shape index (κ1) is 18.7. The van der Waals surface area contributed by atoms with Gasteiger partial charge in [-0.2, -0.15) is 0 Å². The zero-order chi connectivity index (χ0) is 18.2. The molecule has 2 N–H and O–H groups in total. The molecule has 0 fully saturated rings. The van der Waals surface area contributed by atoms with Crippen LogP contribution in [-0.4, -0.2) is 49.4 Å². The summed E-state index contributed by atoms with van der Waals surface area (Å²) in [4.78, 5) is 26.3. The number of benzene rings is 1. The third-order valence-electron chi connectivity index (χ3n) is 4.04. The van der Waals surface area contributed by atoms with Crippen molar-refractivity contribution in [1.82, 2.24) is 15.5 Å². The zero-order valence-electron chi connectivity index (χ0n) is 14.9. The average molecular weight is 343 g/mol. The van der Waals surface area contributed by atoms with E-state index in [-0.39, 0.29) is 17.7 Å². The summed E-state index contributed by atoms with van der Waals surface area (Å²) in [6.45, 7) is 2.15. The third kappa shape index (κ3) is 5.76. The molecule has 1 aromatic carbocycles. The second-order valence-electron chi connectivity index (χ2n) is 6.22. The van der Waals surface area contributed by atoms with Gasteiger partial charge in [0.25, 0.3) is 5.91 Å². The van der Waals surface area contributed by atoms with Crippen LogP contribution >= 0.6 is 0 Å². The molecule has 2 aromatic rings. The van der Waals surface area contributed by atoms with Crippen molar-refractivity contribution in [2.75, 3.05) is 20.6 Å². The number of hydrogen-bond acceptors (Lipinski definition) is 4. The number of carbonyl (C=O) groups excluding carboxylic acids is 2. The van der Waals surface area contributed by atoms with Crippen LogP contribution in [0.15, 0.2) is 53.1 Å². The van der Waals surface area contributed by atoms with E-state index in [9.17, 15) is 9.59 Å². The molecule has 0 saturated heterocycles. The molecule has 0 aliphatic heterocycles. The Morgan fingerprint density at radius 1 is 1.12 bits per heavy atom. The largest absolute Gasteiger partial charge is 0.459 e. The average Bonchev–Trinajstić information content (AvgIpc) is 3.13. The van der Waals surface area contributed by atoms with Gasteiger partial charge in [0, 0.05) is 12.6 Å². The Morgan fingerprint density at radius 3 is 2.44 bits per heavy atom. The molecule has 2 unspecified atom stereocenters. The van der Waals surface area contributed by atoms with Crippen molar-refractivity contribution in [3.05, 3.63) is 60.1 Å². The molecule has 0 aliphatic rings. The molecule has 1 aromatic heterocycles. The highest BCUT2D eigenvalue weighted by Crippen LogP contribution is 2.06. The van der Waals surface area contributed by atoms with Crippen molar-refractivity contribution >= 4 is 11.8 Å². The van der Waals surface area contributed by atoms with E-state index in [0.29, 0.717) is 6.54 Å². The fourth-order valence-corrected chi connectivity index (χ4v) is 2.44. The van der Waals surface area contributed by atoms with Crippen molar-refractivity contribution < 1.29 is 14.0 Å². The molecule has 0 radical (unpaired) electrons. The number of hydrogen-bond donors (Lipinski definition) is 2. The second kappa shape index (κ2) is 9.03. The number of carbonyl (C=O) groups is 2. The van der Waals surface area contributed by atoms with Crippen LogP contribution in [-0.2, 0) is 11.2 Å². The molecule has 2 atom stereocenters. The normalized spacial score (nSPS) is 13.3. The highest BCUT2D eigenvalue weighted by Gasteiger charge is 2.20. The number of nitrogens with one attached hydrogen (secondary N) is 2. The van der Waals surface area contributed by atoms with Gasteiger partial charge in [-0.05, 0) is 45.1 Å². The molecule has 0 aliphatic carbocycles. The van der Waals surface area contributed by atoms with Crippen LogP contribution in [0.2, 0.25) is 0 Å². The lowest BCUT2D eigenvalue weighted by Gasteiger charge is -2.25. The highest BCUT2D eigenvalue weighted by atomic mass is 16.3. The smallest absolute Gasteiger partial charge is 0.287 e. The Hall–Kier alpha value is -2.60. The van der Waals surface area contributed by atoms with E-state index in [1.165, 1.54) is 11.8 Å². The third-order valence-corrected chi connectivity index (χ3v) is 4.04. The van der Waals surface area contributed by atoms with Crippen molar-refractivity contribution in [1.29, 1.82) is 0 Å². The van der Waals surface area contributed by atoms with Gasteiger partial charge in [-0.1, -0.05) is 30.3 Å². The molecule has 2 amide bonds. The van der Waals surface area contributed by atoms with Crippen LogP contribution in [0.25, 0.3) is 0 Å². The van der Waals surface area contributed by atoms with Gasteiger partial charge in [0.1, 0.15) is 6.04 Å². The molecule has 2 rings (SSSR count). The number of furan rings is 1. The Kier molecular flexibility index (Phi) is 6.77. The van der Waals surface area contributed by atoms with E-state index in [0.717, 1.165) is 6.42 Å². The van der Waals surface area contributed by atoms with Gasteiger partial charge in [0.2, 0.25) is 5.91 Å². The maximum Gasteiger partial charge on any atom is 0.287 e. The minimum atomic E-state index is -0.642. The second-order valence-corrected chi connectivity index (χ2v) is 6.22. The standard InChI is InChI=1S/C19H25N3O3/c1-14(21-19(24)17-10-7-11-25-17)18(23)20-13-16(22(2)3)12-15-8-5-4-6-9-15/h4-11,14,16H,12-13H2,1-3H3,(H,20,23)(H,21,24).